The van der Waals surface area contributed by atoms with Gasteiger partial charge >= 0.3 is 18.4 Å². The van der Waals surface area contributed by atoms with Crippen LogP contribution in [0.1, 0.15) is 48.7 Å². The van der Waals surface area contributed by atoms with E-state index < -0.39 is 83.2 Å². The van der Waals surface area contributed by atoms with Crippen LogP contribution in [0, 0.1) is 5.82 Å². The zero-order valence-corrected chi connectivity index (χ0v) is 20.2. The fourth-order valence-corrected chi connectivity index (χ4v) is 3.71. The van der Waals surface area contributed by atoms with E-state index in [1.807, 2.05) is 0 Å². The van der Waals surface area contributed by atoms with Gasteiger partial charge in [0.15, 0.2) is 0 Å². The van der Waals surface area contributed by atoms with E-state index in [9.17, 15) is 37.1 Å². The lowest BCUT2D eigenvalue weighted by atomic mass is 9.99. The zero-order valence-electron chi connectivity index (χ0n) is 20.2. The molecule has 0 saturated carbocycles. The van der Waals surface area contributed by atoms with Crippen LogP contribution in [0.5, 0.6) is 5.75 Å². The molecule has 38 heavy (non-hydrogen) atoms. The van der Waals surface area contributed by atoms with Gasteiger partial charge in [-0.05, 0) is 50.6 Å². The number of alkyl halides is 5. The summed E-state index contributed by atoms with van der Waals surface area (Å²) < 4.78 is 91.2. The number of hydrogen-bond donors (Lipinski definition) is 2. The number of anilines is 1. The number of carbonyl (C=O) groups is 3. The molecule has 2 N–H and O–H groups in total. The Labute approximate surface area is 212 Å². The summed E-state index contributed by atoms with van der Waals surface area (Å²) in [6.45, 7) is 3.95. The maximum absolute atomic E-state index is 15.3. The Kier molecular flexibility index (Phi) is 7.57. The van der Waals surface area contributed by atoms with Crippen LogP contribution in [0.3, 0.4) is 0 Å². The number of nitrogens with zero attached hydrogens (tertiary/aromatic N) is 1. The van der Waals surface area contributed by atoms with Crippen molar-refractivity contribution in [3.05, 3.63) is 58.9 Å². The topological polar surface area (TPSA) is 105 Å². The lowest BCUT2D eigenvalue weighted by Crippen LogP contribution is -2.49. The number of carboxylic acid groups (broad SMARTS) is 1. The van der Waals surface area contributed by atoms with Crippen molar-refractivity contribution in [2.45, 2.75) is 57.7 Å². The van der Waals surface area contributed by atoms with Crippen molar-refractivity contribution in [2.75, 3.05) is 4.90 Å². The maximum atomic E-state index is 15.3. The summed E-state index contributed by atoms with van der Waals surface area (Å²) in [6.07, 6.45) is -7.47. The van der Waals surface area contributed by atoms with Crippen molar-refractivity contribution in [3.8, 4) is 5.75 Å². The van der Waals surface area contributed by atoms with E-state index in [0.29, 0.717) is 17.0 Å². The molecular weight excluding hydrogens is 526 g/mol. The molecule has 2 aromatic carbocycles. The molecule has 0 bridgehead atoms. The summed E-state index contributed by atoms with van der Waals surface area (Å²) in [7, 11) is 0. The van der Waals surface area contributed by atoms with Gasteiger partial charge in [-0.25, -0.2) is 22.8 Å². The van der Waals surface area contributed by atoms with Gasteiger partial charge < -0.3 is 24.8 Å². The zero-order chi connectivity index (χ0) is 28.6. The van der Waals surface area contributed by atoms with Crippen LogP contribution in [0.2, 0.25) is 0 Å². The Bertz CT molecular complexity index is 1240. The van der Waals surface area contributed by atoms with E-state index >= 15 is 8.78 Å². The number of amides is 2. The predicted octanol–water partition coefficient (Wildman–Crippen LogP) is 5.34. The molecule has 0 aliphatic carbocycles. The molecule has 2 aromatic rings. The molecule has 0 saturated heterocycles. The Hall–Kier alpha value is -3.97. The number of ether oxygens (including phenoxy) is 2. The first-order valence-corrected chi connectivity index (χ1v) is 11.0. The van der Waals surface area contributed by atoms with Gasteiger partial charge in [-0.3, -0.25) is 4.79 Å². The van der Waals surface area contributed by atoms with Crippen molar-refractivity contribution < 1.29 is 55.3 Å². The highest BCUT2D eigenvalue weighted by Gasteiger charge is 2.47. The van der Waals surface area contributed by atoms with Gasteiger partial charge in [0.2, 0.25) is 5.91 Å². The largest absolute Gasteiger partial charge is 0.573 e. The van der Waals surface area contributed by atoms with E-state index in [1.165, 1.54) is 20.8 Å². The van der Waals surface area contributed by atoms with Gasteiger partial charge in [0.25, 0.3) is 5.92 Å². The van der Waals surface area contributed by atoms with E-state index in [1.54, 1.807) is 0 Å². The molecule has 14 heteroatoms. The van der Waals surface area contributed by atoms with Crippen LogP contribution in [0.25, 0.3) is 0 Å². The maximum Gasteiger partial charge on any atom is 0.573 e. The van der Waals surface area contributed by atoms with Gasteiger partial charge in [-0.1, -0.05) is 12.1 Å². The van der Waals surface area contributed by atoms with Gasteiger partial charge in [-0.2, -0.15) is 0 Å². The third-order valence-corrected chi connectivity index (χ3v) is 5.21. The van der Waals surface area contributed by atoms with Crippen molar-refractivity contribution >= 4 is 23.7 Å². The molecule has 0 spiro atoms. The molecule has 0 unspecified atom stereocenters. The Morgan fingerprint density at radius 3 is 2.26 bits per heavy atom. The van der Waals surface area contributed by atoms with Crippen LogP contribution in [-0.4, -0.2) is 41.1 Å². The minimum absolute atomic E-state index is 0.126. The number of fused-ring (bicyclic) bond motifs is 1. The number of carboxylic acids is 1. The lowest BCUT2D eigenvalue weighted by Gasteiger charge is -2.27. The number of carbonyl (C=O) groups excluding carboxylic acids is 2. The van der Waals surface area contributed by atoms with Gasteiger partial charge in [0.05, 0.1) is 17.8 Å². The number of aromatic carboxylic acids is 1. The summed E-state index contributed by atoms with van der Waals surface area (Å²) in [6, 6.07) is 3.06. The van der Waals surface area contributed by atoms with Gasteiger partial charge in [-0.15, -0.1) is 13.2 Å². The molecule has 0 aromatic heterocycles. The molecule has 1 atom stereocenters. The molecule has 0 fully saturated rings. The fourth-order valence-electron chi connectivity index (χ4n) is 3.71. The standard InChI is InChI=1S/C24H22F6N2O6/c1-22(2,3)38-21(36)31-17-10-23(26,27)15-9-16(25)14(20(34)35)8-18(15)32(19(17)33)11-12-4-6-13(7-5-12)37-24(28,29)30/h4-9,17H,10-11H2,1-3H3,(H,31,36)(H,34,35)/t17-/m0/s1. The second kappa shape index (κ2) is 10.1. The van der Waals surface area contributed by atoms with Crippen LogP contribution >= 0.6 is 0 Å². The number of rotatable bonds is 5. The summed E-state index contributed by atoms with van der Waals surface area (Å²) in [5.74, 6) is -8.89. The minimum atomic E-state index is -4.97. The normalized spacial score (nSPS) is 17.3. The van der Waals surface area contributed by atoms with Crippen LogP contribution in [0.15, 0.2) is 36.4 Å². The average molecular weight is 548 g/mol. The van der Waals surface area contributed by atoms with E-state index in [-0.39, 0.29) is 5.56 Å². The molecule has 0 radical (unpaired) electrons. The summed E-state index contributed by atoms with van der Waals surface area (Å²) in [5.41, 5.74) is -3.57. The highest BCUT2D eigenvalue weighted by atomic mass is 19.4. The second-order valence-corrected chi connectivity index (χ2v) is 9.38. The summed E-state index contributed by atoms with van der Waals surface area (Å²) in [4.78, 5) is 37.9. The van der Waals surface area contributed by atoms with Gasteiger partial charge in [0.1, 0.15) is 23.2 Å². The molecule has 1 heterocycles. The van der Waals surface area contributed by atoms with Crippen LogP contribution in [-0.2, 0) is 22.0 Å². The number of nitrogens with one attached hydrogen (secondary N) is 1. The third kappa shape index (κ3) is 6.86. The molecule has 3 rings (SSSR count). The lowest BCUT2D eigenvalue weighted by molar-refractivity contribution is -0.274. The Morgan fingerprint density at radius 2 is 1.74 bits per heavy atom. The first-order valence-electron chi connectivity index (χ1n) is 11.0. The predicted molar refractivity (Wildman–Crippen MR) is 119 cm³/mol. The molecule has 1 aliphatic heterocycles. The average Bonchev–Trinajstić information content (AvgIpc) is 2.81. The summed E-state index contributed by atoms with van der Waals surface area (Å²) in [5, 5.41) is 11.4. The van der Waals surface area contributed by atoms with Crippen molar-refractivity contribution in [2.24, 2.45) is 0 Å². The Morgan fingerprint density at radius 1 is 1.13 bits per heavy atom. The summed E-state index contributed by atoms with van der Waals surface area (Å²) >= 11 is 0. The van der Waals surface area contributed by atoms with E-state index in [4.69, 9.17) is 4.74 Å². The monoisotopic (exact) mass is 548 g/mol. The molecule has 8 nitrogen and oxygen atoms in total. The van der Waals surface area contributed by atoms with Crippen molar-refractivity contribution in [1.29, 1.82) is 0 Å². The second-order valence-electron chi connectivity index (χ2n) is 9.38. The third-order valence-electron chi connectivity index (χ3n) is 5.21. The number of hydrogen-bond acceptors (Lipinski definition) is 5. The van der Waals surface area contributed by atoms with E-state index in [2.05, 4.69) is 10.1 Å². The quantitative estimate of drug-likeness (QED) is 0.489. The number of benzene rings is 2. The molecule has 1 aliphatic rings. The first-order chi connectivity index (χ1) is 17.4. The van der Waals surface area contributed by atoms with Crippen LogP contribution < -0.4 is 15.0 Å². The Balaban J connectivity index is 2.07. The van der Waals surface area contributed by atoms with Crippen molar-refractivity contribution in [1.82, 2.24) is 5.32 Å². The molecule has 206 valence electrons. The SMILES string of the molecule is CC(C)(C)OC(=O)N[C@H]1CC(F)(F)c2cc(F)c(C(=O)O)cc2N(Cc2ccc(OC(F)(F)F)cc2)C1=O. The van der Waals surface area contributed by atoms with E-state index in [0.717, 1.165) is 24.3 Å². The number of halogens is 6. The smallest absolute Gasteiger partial charge is 0.478 e. The van der Waals surface area contributed by atoms with Crippen LogP contribution in [0.4, 0.5) is 36.8 Å². The highest BCUT2D eigenvalue weighted by molar-refractivity contribution is 6.01. The minimum Gasteiger partial charge on any atom is -0.478 e. The van der Waals surface area contributed by atoms with Gasteiger partial charge in [0, 0.05) is 12.0 Å². The molecule has 2 amide bonds. The first kappa shape index (κ1) is 28.6. The fraction of sp³-hybridized carbons (Fsp3) is 0.375. The molecular formula is C24H22F6N2O6. The number of alkyl carbamates (subject to hydrolysis) is 1. The highest BCUT2D eigenvalue weighted by Crippen LogP contribution is 2.44. The van der Waals surface area contributed by atoms with Crippen molar-refractivity contribution in [3.63, 3.8) is 0 Å².